The number of nitrogens with zero attached hydrogens (tertiary/aromatic N) is 1. The summed E-state index contributed by atoms with van der Waals surface area (Å²) in [5.74, 6) is 0.988. The summed E-state index contributed by atoms with van der Waals surface area (Å²) >= 11 is 4.52. The fourth-order valence-electron chi connectivity index (χ4n) is 2.57. The van der Waals surface area contributed by atoms with Gasteiger partial charge in [0.05, 0.1) is 6.61 Å². The highest BCUT2D eigenvalue weighted by Gasteiger charge is 2.34. The van der Waals surface area contributed by atoms with Crippen molar-refractivity contribution in [1.82, 2.24) is 4.90 Å². The minimum atomic E-state index is 0.265. The smallest absolute Gasteiger partial charge is 0.0558 e. The van der Waals surface area contributed by atoms with Crippen molar-refractivity contribution in [2.45, 2.75) is 45.6 Å². The van der Waals surface area contributed by atoms with Crippen molar-refractivity contribution in [1.29, 1.82) is 0 Å². The molecule has 0 radical (unpaired) electrons. The molecule has 0 aromatic carbocycles. The van der Waals surface area contributed by atoms with Crippen LogP contribution < -0.4 is 0 Å². The summed E-state index contributed by atoms with van der Waals surface area (Å²) < 4.78 is 0. The monoisotopic (exact) mass is 231 g/mol. The average molecular weight is 231 g/mol. The number of aliphatic hydroxyl groups is 1. The van der Waals surface area contributed by atoms with Crippen LogP contribution in [0.1, 0.15) is 39.5 Å². The fraction of sp³-hybridized carbons (Fsp3) is 1.00. The number of hydrogen-bond acceptors (Lipinski definition) is 3. The number of thiol groups is 1. The molecule has 0 spiro atoms. The molecule has 15 heavy (non-hydrogen) atoms. The molecule has 1 N–H and O–H groups in total. The molecule has 0 bridgehead atoms. The van der Waals surface area contributed by atoms with Crippen LogP contribution in [-0.4, -0.2) is 41.5 Å². The zero-order chi connectivity index (χ0) is 11.3. The van der Waals surface area contributed by atoms with E-state index in [2.05, 4.69) is 31.4 Å². The van der Waals surface area contributed by atoms with Gasteiger partial charge in [-0.15, -0.1) is 0 Å². The summed E-state index contributed by atoms with van der Waals surface area (Å²) in [6.45, 7) is 6.58. The zero-order valence-electron chi connectivity index (χ0n) is 10.1. The predicted molar refractivity (Wildman–Crippen MR) is 68.5 cm³/mol. The molecule has 1 saturated carbocycles. The van der Waals surface area contributed by atoms with Gasteiger partial charge in [0.1, 0.15) is 0 Å². The molecule has 0 atom stereocenters. The topological polar surface area (TPSA) is 23.5 Å². The van der Waals surface area contributed by atoms with Crippen LogP contribution >= 0.6 is 12.6 Å². The van der Waals surface area contributed by atoms with Crippen LogP contribution in [0.3, 0.4) is 0 Å². The summed E-state index contributed by atoms with van der Waals surface area (Å²) in [6.07, 6.45) is 5.33. The lowest BCUT2D eigenvalue weighted by Gasteiger charge is -2.36. The van der Waals surface area contributed by atoms with Crippen molar-refractivity contribution in [3.05, 3.63) is 0 Å². The van der Waals surface area contributed by atoms with Crippen LogP contribution in [0.25, 0.3) is 0 Å². The molecular formula is C12H25NOS. The van der Waals surface area contributed by atoms with Gasteiger partial charge in [-0.3, -0.25) is 4.90 Å². The maximum Gasteiger partial charge on any atom is 0.0558 e. The molecule has 1 fully saturated rings. The molecule has 1 rings (SSSR count). The van der Waals surface area contributed by atoms with Gasteiger partial charge in [0.25, 0.3) is 0 Å². The van der Waals surface area contributed by atoms with Gasteiger partial charge in [0.15, 0.2) is 0 Å². The van der Waals surface area contributed by atoms with E-state index in [9.17, 15) is 0 Å². The Kier molecular flexibility index (Phi) is 5.44. The molecule has 0 amide bonds. The standard InChI is InChI=1S/C12H25NOS/c1-11(2)13(7-8-14)9-12(10-15)5-3-4-6-12/h11,14-15H,3-10H2,1-2H3. The Morgan fingerprint density at radius 1 is 1.33 bits per heavy atom. The second-order valence-electron chi connectivity index (χ2n) is 5.15. The molecule has 0 aromatic rings. The summed E-state index contributed by atoms with van der Waals surface area (Å²) in [6, 6.07) is 0.523. The Morgan fingerprint density at radius 2 is 1.93 bits per heavy atom. The minimum absolute atomic E-state index is 0.265. The van der Waals surface area contributed by atoms with Crippen molar-refractivity contribution in [3.63, 3.8) is 0 Å². The summed E-state index contributed by atoms with van der Waals surface area (Å²) in [5, 5.41) is 9.06. The van der Waals surface area contributed by atoms with Gasteiger partial charge in [-0.2, -0.15) is 12.6 Å². The van der Waals surface area contributed by atoms with Crippen molar-refractivity contribution in [3.8, 4) is 0 Å². The molecule has 0 unspecified atom stereocenters. The Morgan fingerprint density at radius 3 is 2.33 bits per heavy atom. The molecule has 0 aromatic heterocycles. The molecule has 3 heteroatoms. The maximum absolute atomic E-state index is 9.06. The van der Waals surface area contributed by atoms with Gasteiger partial charge >= 0.3 is 0 Å². The molecule has 2 nitrogen and oxygen atoms in total. The molecule has 0 aliphatic heterocycles. The van der Waals surface area contributed by atoms with Gasteiger partial charge in [0, 0.05) is 19.1 Å². The third-order valence-electron chi connectivity index (χ3n) is 3.66. The van der Waals surface area contributed by atoms with E-state index >= 15 is 0 Å². The number of aliphatic hydroxyl groups excluding tert-OH is 1. The van der Waals surface area contributed by atoms with Crippen molar-refractivity contribution < 1.29 is 5.11 Å². The van der Waals surface area contributed by atoms with Crippen LogP contribution in [-0.2, 0) is 0 Å². The summed E-state index contributed by atoms with van der Waals surface area (Å²) in [4.78, 5) is 2.39. The highest BCUT2D eigenvalue weighted by molar-refractivity contribution is 7.80. The van der Waals surface area contributed by atoms with Crippen LogP contribution in [0.4, 0.5) is 0 Å². The number of rotatable bonds is 6. The first-order chi connectivity index (χ1) is 7.13. The van der Waals surface area contributed by atoms with Crippen LogP contribution in [0.2, 0.25) is 0 Å². The lowest BCUT2D eigenvalue weighted by molar-refractivity contribution is 0.113. The van der Waals surface area contributed by atoms with Gasteiger partial charge in [-0.1, -0.05) is 12.8 Å². The summed E-state index contributed by atoms with van der Waals surface area (Å²) in [5.41, 5.74) is 0.419. The zero-order valence-corrected chi connectivity index (χ0v) is 11.0. The van der Waals surface area contributed by atoms with E-state index in [1.807, 2.05) is 0 Å². The second kappa shape index (κ2) is 6.12. The molecule has 0 saturated heterocycles. The minimum Gasteiger partial charge on any atom is -0.395 e. The Balaban J connectivity index is 2.54. The predicted octanol–water partition coefficient (Wildman–Crippen LogP) is 2.18. The molecule has 1 aliphatic rings. The SMILES string of the molecule is CC(C)N(CCO)CC1(CS)CCCC1. The highest BCUT2D eigenvalue weighted by atomic mass is 32.1. The van der Waals surface area contributed by atoms with Crippen LogP contribution in [0.15, 0.2) is 0 Å². The van der Waals surface area contributed by atoms with E-state index in [0.717, 1.165) is 18.8 Å². The Hall–Kier alpha value is 0.270. The quantitative estimate of drug-likeness (QED) is 0.685. The van der Waals surface area contributed by atoms with Crippen LogP contribution in [0.5, 0.6) is 0 Å². The first-order valence-corrected chi connectivity index (χ1v) is 6.72. The average Bonchev–Trinajstić information content (AvgIpc) is 2.66. The Labute approximate surface area is 99.5 Å². The molecule has 90 valence electrons. The third kappa shape index (κ3) is 3.65. The van der Waals surface area contributed by atoms with Gasteiger partial charge < -0.3 is 5.11 Å². The van der Waals surface area contributed by atoms with E-state index in [-0.39, 0.29) is 6.61 Å². The highest BCUT2D eigenvalue weighted by Crippen LogP contribution is 2.39. The first kappa shape index (κ1) is 13.3. The third-order valence-corrected chi connectivity index (χ3v) is 4.33. The van der Waals surface area contributed by atoms with Gasteiger partial charge in [-0.05, 0) is 37.9 Å². The maximum atomic E-state index is 9.06. The molecule has 0 heterocycles. The Bertz CT molecular complexity index is 178. The van der Waals surface area contributed by atoms with E-state index in [4.69, 9.17) is 5.11 Å². The van der Waals surface area contributed by atoms with Crippen molar-refractivity contribution in [2.75, 3.05) is 25.4 Å². The number of hydrogen-bond donors (Lipinski definition) is 2. The molecular weight excluding hydrogens is 206 g/mol. The molecule has 1 aliphatic carbocycles. The first-order valence-electron chi connectivity index (χ1n) is 6.09. The van der Waals surface area contributed by atoms with Gasteiger partial charge in [0.2, 0.25) is 0 Å². The lowest BCUT2D eigenvalue weighted by atomic mass is 9.87. The largest absolute Gasteiger partial charge is 0.395 e. The lowest BCUT2D eigenvalue weighted by Crippen LogP contribution is -2.42. The second-order valence-corrected chi connectivity index (χ2v) is 5.47. The van der Waals surface area contributed by atoms with Crippen molar-refractivity contribution >= 4 is 12.6 Å². The van der Waals surface area contributed by atoms with E-state index in [0.29, 0.717) is 11.5 Å². The van der Waals surface area contributed by atoms with E-state index < -0.39 is 0 Å². The normalized spacial score (nSPS) is 20.4. The fourth-order valence-corrected chi connectivity index (χ4v) is 2.99. The van der Waals surface area contributed by atoms with E-state index in [1.54, 1.807) is 0 Å². The van der Waals surface area contributed by atoms with Crippen molar-refractivity contribution in [2.24, 2.45) is 5.41 Å². The van der Waals surface area contributed by atoms with Crippen LogP contribution in [0, 0.1) is 5.41 Å². The summed E-state index contributed by atoms with van der Waals surface area (Å²) in [7, 11) is 0. The van der Waals surface area contributed by atoms with Gasteiger partial charge in [-0.25, -0.2) is 0 Å². The van der Waals surface area contributed by atoms with E-state index in [1.165, 1.54) is 25.7 Å².